The van der Waals surface area contributed by atoms with Gasteiger partial charge in [-0.15, -0.1) is 0 Å². The molecule has 0 atom stereocenters. The van der Waals surface area contributed by atoms with Gasteiger partial charge in [-0.1, -0.05) is 29.7 Å². The number of benzene rings is 2. The number of aromatic nitrogens is 2. The lowest BCUT2D eigenvalue weighted by Gasteiger charge is -2.06. The summed E-state index contributed by atoms with van der Waals surface area (Å²) >= 11 is 0. The van der Waals surface area contributed by atoms with E-state index in [0.29, 0.717) is 16.7 Å². The molecule has 0 amide bonds. The van der Waals surface area contributed by atoms with Crippen LogP contribution in [0.25, 0.3) is 22.4 Å². The van der Waals surface area contributed by atoms with Gasteiger partial charge < -0.3 is 10.2 Å². The van der Waals surface area contributed by atoms with Gasteiger partial charge in [0.05, 0.1) is 11.9 Å². The quantitative estimate of drug-likeness (QED) is 0.618. The fourth-order valence-electron chi connectivity index (χ4n) is 2.10. The molecule has 20 heavy (non-hydrogen) atoms. The Morgan fingerprint density at radius 1 is 0.950 bits per heavy atom. The summed E-state index contributed by atoms with van der Waals surface area (Å²) in [6.45, 7) is 0. The first kappa shape index (κ1) is 12.4. The van der Waals surface area contributed by atoms with E-state index in [-0.39, 0.29) is 11.5 Å². The Kier molecular flexibility index (Phi) is 2.95. The molecule has 0 aliphatic heterocycles. The Hall–Kier alpha value is -2.69. The molecular weight excluding hydrogens is 251 g/mol. The predicted octanol–water partition coefficient (Wildman–Crippen LogP) is 1.95. The highest BCUT2D eigenvalue weighted by Gasteiger charge is 2.13. The number of phenols is 2. The van der Waals surface area contributed by atoms with Gasteiger partial charge in [0.15, 0.2) is 0 Å². The highest BCUT2D eigenvalue weighted by Crippen LogP contribution is 2.36. The van der Waals surface area contributed by atoms with Gasteiger partial charge in [-0.2, -0.15) is 5.10 Å². The molecule has 3 rings (SSSR count). The van der Waals surface area contributed by atoms with E-state index in [1.165, 1.54) is 12.1 Å². The van der Waals surface area contributed by atoms with Gasteiger partial charge in [-0.05, 0) is 17.7 Å². The van der Waals surface area contributed by atoms with E-state index in [4.69, 9.17) is 7.85 Å². The molecule has 5 heteroatoms. The number of nitrogens with zero attached hydrogens (tertiary/aromatic N) is 1. The van der Waals surface area contributed by atoms with Crippen molar-refractivity contribution in [2.24, 2.45) is 0 Å². The molecule has 0 bridgehead atoms. The van der Waals surface area contributed by atoms with Crippen molar-refractivity contribution >= 4 is 13.3 Å². The second-order valence-electron chi connectivity index (χ2n) is 4.48. The van der Waals surface area contributed by atoms with Crippen LogP contribution >= 0.6 is 0 Å². The maximum absolute atomic E-state index is 9.95. The van der Waals surface area contributed by atoms with Crippen molar-refractivity contribution < 1.29 is 10.2 Å². The average molecular weight is 262 g/mol. The number of H-pyrrole nitrogens is 1. The highest BCUT2D eigenvalue weighted by atomic mass is 16.3. The molecule has 0 unspecified atom stereocenters. The van der Waals surface area contributed by atoms with Gasteiger partial charge >= 0.3 is 0 Å². The first-order valence-corrected chi connectivity index (χ1v) is 6.07. The van der Waals surface area contributed by atoms with Crippen LogP contribution in [0.1, 0.15) is 0 Å². The molecule has 0 aliphatic carbocycles. The van der Waals surface area contributed by atoms with Crippen LogP contribution in [0.3, 0.4) is 0 Å². The fraction of sp³-hybridized carbons (Fsp3) is 0. The third-order valence-electron chi connectivity index (χ3n) is 3.11. The van der Waals surface area contributed by atoms with E-state index in [9.17, 15) is 10.2 Å². The van der Waals surface area contributed by atoms with Crippen molar-refractivity contribution in [1.82, 2.24) is 10.2 Å². The van der Waals surface area contributed by atoms with Crippen LogP contribution in [-0.2, 0) is 0 Å². The molecule has 3 N–H and O–H groups in total. The van der Waals surface area contributed by atoms with Crippen molar-refractivity contribution in [2.75, 3.05) is 0 Å². The van der Waals surface area contributed by atoms with Crippen LogP contribution in [0.4, 0.5) is 0 Å². The number of aromatic amines is 1. The molecular formula is C15H11BN2O2. The number of nitrogens with one attached hydrogen (secondary N) is 1. The minimum Gasteiger partial charge on any atom is -0.508 e. The number of aromatic hydroxyl groups is 2. The van der Waals surface area contributed by atoms with E-state index in [0.717, 1.165) is 11.1 Å². The zero-order chi connectivity index (χ0) is 14.1. The molecule has 1 heterocycles. The van der Waals surface area contributed by atoms with Gasteiger partial charge in [0.25, 0.3) is 0 Å². The zero-order valence-corrected chi connectivity index (χ0v) is 10.5. The second kappa shape index (κ2) is 4.77. The van der Waals surface area contributed by atoms with Crippen molar-refractivity contribution in [3.05, 3.63) is 48.7 Å². The molecule has 2 radical (unpaired) electrons. The van der Waals surface area contributed by atoms with Gasteiger partial charge in [0.1, 0.15) is 19.3 Å². The molecule has 0 fully saturated rings. The Balaban J connectivity index is 2.12. The van der Waals surface area contributed by atoms with Crippen LogP contribution in [0.2, 0.25) is 0 Å². The fourth-order valence-corrected chi connectivity index (χ4v) is 2.10. The molecule has 0 spiro atoms. The van der Waals surface area contributed by atoms with Gasteiger partial charge in [0, 0.05) is 17.2 Å². The third kappa shape index (κ3) is 2.14. The summed E-state index contributed by atoms with van der Waals surface area (Å²) in [7, 11) is 5.68. The molecule has 3 aromatic rings. The number of rotatable bonds is 2. The summed E-state index contributed by atoms with van der Waals surface area (Å²) in [4.78, 5) is 0. The van der Waals surface area contributed by atoms with E-state index < -0.39 is 0 Å². The van der Waals surface area contributed by atoms with Crippen LogP contribution < -0.4 is 5.46 Å². The van der Waals surface area contributed by atoms with Crippen molar-refractivity contribution in [3.63, 3.8) is 0 Å². The largest absolute Gasteiger partial charge is 0.508 e. The normalized spacial score (nSPS) is 10.6. The SMILES string of the molecule is [B]c1ccc(-c2cn[nH]c2-c2ccc(O)cc2O)cc1. The summed E-state index contributed by atoms with van der Waals surface area (Å²) in [5.74, 6) is 0.00532. The van der Waals surface area contributed by atoms with Crippen LogP contribution in [0.5, 0.6) is 11.5 Å². The van der Waals surface area contributed by atoms with Gasteiger partial charge in [0.2, 0.25) is 0 Å². The lowest BCUT2D eigenvalue weighted by molar-refractivity contribution is 0.452. The first-order valence-electron chi connectivity index (χ1n) is 6.07. The second-order valence-corrected chi connectivity index (χ2v) is 4.48. The number of hydrogen-bond donors (Lipinski definition) is 3. The zero-order valence-electron chi connectivity index (χ0n) is 10.5. The van der Waals surface area contributed by atoms with Gasteiger partial charge in [-0.3, -0.25) is 5.10 Å². The monoisotopic (exact) mass is 262 g/mol. The van der Waals surface area contributed by atoms with Crippen molar-refractivity contribution in [1.29, 1.82) is 0 Å². The first-order chi connectivity index (χ1) is 9.65. The molecule has 0 saturated carbocycles. The Morgan fingerprint density at radius 2 is 1.70 bits per heavy atom. The maximum atomic E-state index is 9.95. The van der Waals surface area contributed by atoms with E-state index in [2.05, 4.69) is 10.2 Å². The van der Waals surface area contributed by atoms with E-state index in [1.54, 1.807) is 12.3 Å². The Labute approximate surface area is 117 Å². The molecule has 0 aliphatic rings. The molecule has 96 valence electrons. The van der Waals surface area contributed by atoms with Crippen LogP contribution in [-0.4, -0.2) is 28.3 Å². The minimum absolute atomic E-state index is 0.00838. The minimum atomic E-state index is -0.00838. The summed E-state index contributed by atoms with van der Waals surface area (Å²) in [5, 5.41) is 26.2. The Morgan fingerprint density at radius 3 is 2.40 bits per heavy atom. The Bertz CT molecular complexity index is 751. The molecule has 0 saturated heterocycles. The predicted molar refractivity (Wildman–Crippen MR) is 78.2 cm³/mol. The third-order valence-corrected chi connectivity index (χ3v) is 3.11. The topological polar surface area (TPSA) is 69.1 Å². The highest BCUT2D eigenvalue weighted by molar-refractivity contribution is 6.32. The average Bonchev–Trinajstić information content (AvgIpc) is 2.88. The summed E-state index contributed by atoms with van der Waals surface area (Å²) in [6.07, 6.45) is 1.69. The lowest BCUT2D eigenvalue weighted by atomic mass is 9.93. The van der Waals surface area contributed by atoms with Crippen molar-refractivity contribution in [3.8, 4) is 33.9 Å². The summed E-state index contributed by atoms with van der Waals surface area (Å²) < 4.78 is 0. The van der Waals surface area contributed by atoms with E-state index >= 15 is 0 Å². The molecule has 4 nitrogen and oxygen atoms in total. The van der Waals surface area contributed by atoms with Gasteiger partial charge in [-0.25, -0.2) is 0 Å². The summed E-state index contributed by atoms with van der Waals surface area (Å²) in [6, 6.07) is 11.8. The van der Waals surface area contributed by atoms with Crippen LogP contribution in [0, 0.1) is 0 Å². The summed E-state index contributed by atoms with van der Waals surface area (Å²) in [5.41, 5.74) is 3.74. The van der Waals surface area contributed by atoms with Crippen LogP contribution in [0.15, 0.2) is 48.7 Å². The van der Waals surface area contributed by atoms with Crippen molar-refractivity contribution in [2.45, 2.75) is 0 Å². The number of hydrogen-bond acceptors (Lipinski definition) is 3. The molecule has 2 aromatic carbocycles. The smallest absolute Gasteiger partial charge is 0.128 e. The standard InChI is InChI=1S/C15H11BN2O2/c16-10-3-1-9(2-4-10)13-8-17-18-15(13)12-6-5-11(19)7-14(12)20/h1-8,19-20H,(H,17,18). The lowest BCUT2D eigenvalue weighted by Crippen LogP contribution is -1.99. The maximum Gasteiger partial charge on any atom is 0.128 e. The number of phenolic OH excluding ortho intramolecular Hbond substituents is 2. The molecule has 1 aromatic heterocycles. The van der Waals surface area contributed by atoms with E-state index in [1.807, 2.05) is 24.3 Å².